The third kappa shape index (κ3) is 3.83. The molecule has 0 aliphatic heterocycles. The van der Waals surface area contributed by atoms with E-state index in [9.17, 15) is 27.9 Å². The van der Waals surface area contributed by atoms with Crippen LogP contribution in [0.15, 0.2) is 47.4 Å². The SMILES string of the molecule is Cn1cc(C(=O)NC(CO)c2ccccc2C(F)(F)F)ccc1=O. The Hall–Kier alpha value is -2.61. The molecule has 0 bridgehead atoms. The number of aromatic nitrogens is 1. The second-order valence-corrected chi connectivity index (χ2v) is 5.16. The molecule has 0 aliphatic rings. The minimum absolute atomic E-state index is 0.0973. The van der Waals surface area contributed by atoms with Crippen LogP contribution < -0.4 is 10.9 Å². The lowest BCUT2D eigenvalue weighted by molar-refractivity contribution is -0.138. The molecule has 8 heteroatoms. The number of carbonyl (C=O) groups excluding carboxylic acids is 1. The standard InChI is InChI=1S/C16H15F3N2O3/c1-21-8-10(6-7-14(21)23)15(24)20-13(9-22)11-4-2-3-5-12(11)16(17,18)19/h2-8,13,22H,9H2,1H3,(H,20,24). The zero-order valence-electron chi connectivity index (χ0n) is 12.7. The van der Waals surface area contributed by atoms with Crippen molar-refractivity contribution in [1.29, 1.82) is 0 Å². The van der Waals surface area contributed by atoms with Crippen LogP contribution in [0.2, 0.25) is 0 Å². The molecular weight excluding hydrogens is 325 g/mol. The van der Waals surface area contributed by atoms with Crippen molar-refractivity contribution in [3.05, 3.63) is 69.6 Å². The minimum Gasteiger partial charge on any atom is -0.394 e. The van der Waals surface area contributed by atoms with Gasteiger partial charge in [-0.05, 0) is 17.7 Å². The highest BCUT2D eigenvalue weighted by Crippen LogP contribution is 2.34. The van der Waals surface area contributed by atoms with Crippen molar-refractivity contribution >= 4 is 5.91 Å². The summed E-state index contributed by atoms with van der Waals surface area (Å²) in [5.74, 6) is -0.693. The number of rotatable bonds is 4. The molecule has 1 aromatic heterocycles. The van der Waals surface area contributed by atoms with E-state index in [2.05, 4.69) is 5.32 Å². The predicted molar refractivity (Wildman–Crippen MR) is 80.4 cm³/mol. The molecule has 128 valence electrons. The summed E-state index contributed by atoms with van der Waals surface area (Å²) in [4.78, 5) is 23.5. The van der Waals surface area contributed by atoms with E-state index >= 15 is 0 Å². The van der Waals surface area contributed by atoms with E-state index in [1.807, 2.05) is 0 Å². The second-order valence-electron chi connectivity index (χ2n) is 5.16. The van der Waals surface area contributed by atoms with Gasteiger partial charge in [0.05, 0.1) is 23.8 Å². The van der Waals surface area contributed by atoms with Gasteiger partial charge < -0.3 is 15.0 Å². The molecule has 1 heterocycles. The van der Waals surface area contributed by atoms with Crippen LogP contribution in [0.3, 0.4) is 0 Å². The number of pyridine rings is 1. The average molecular weight is 340 g/mol. The zero-order chi connectivity index (χ0) is 17.9. The Morgan fingerprint density at radius 2 is 1.92 bits per heavy atom. The maximum Gasteiger partial charge on any atom is 0.416 e. The van der Waals surface area contributed by atoms with E-state index in [0.29, 0.717) is 0 Å². The summed E-state index contributed by atoms with van der Waals surface area (Å²) in [6.45, 7) is -0.704. The van der Waals surface area contributed by atoms with Gasteiger partial charge in [-0.2, -0.15) is 13.2 Å². The Balaban J connectivity index is 2.32. The van der Waals surface area contributed by atoms with Gasteiger partial charge in [-0.25, -0.2) is 0 Å². The molecule has 1 amide bonds. The quantitative estimate of drug-likeness (QED) is 0.893. The summed E-state index contributed by atoms with van der Waals surface area (Å²) in [6.07, 6.45) is -3.34. The zero-order valence-corrected chi connectivity index (χ0v) is 12.7. The molecule has 24 heavy (non-hydrogen) atoms. The van der Waals surface area contributed by atoms with Gasteiger partial charge in [0.15, 0.2) is 0 Å². The predicted octanol–water partition coefficient (Wildman–Crippen LogP) is 1.87. The van der Waals surface area contributed by atoms with E-state index < -0.39 is 30.3 Å². The van der Waals surface area contributed by atoms with Gasteiger partial charge in [0.1, 0.15) is 0 Å². The highest BCUT2D eigenvalue weighted by atomic mass is 19.4. The molecule has 0 aliphatic carbocycles. The van der Waals surface area contributed by atoms with Crippen molar-refractivity contribution < 1.29 is 23.1 Å². The summed E-state index contributed by atoms with van der Waals surface area (Å²) >= 11 is 0. The maximum absolute atomic E-state index is 13.1. The molecule has 0 spiro atoms. The Kier molecular flexibility index (Phi) is 5.08. The molecule has 2 rings (SSSR count). The number of hydrogen-bond donors (Lipinski definition) is 2. The minimum atomic E-state index is -4.61. The number of amides is 1. The summed E-state index contributed by atoms with van der Waals surface area (Å²) in [7, 11) is 1.45. The molecule has 0 saturated heterocycles. The molecule has 2 N–H and O–H groups in total. The first-order valence-corrected chi connectivity index (χ1v) is 6.98. The van der Waals surface area contributed by atoms with Crippen LogP contribution in [-0.2, 0) is 13.2 Å². The molecular formula is C16H15F3N2O3. The molecule has 1 aromatic carbocycles. The Morgan fingerprint density at radius 3 is 2.50 bits per heavy atom. The topological polar surface area (TPSA) is 71.3 Å². The van der Waals surface area contributed by atoms with Crippen LogP contribution in [0.25, 0.3) is 0 Å². The molecule has 0 fully saturated rings. The number of nitrogens with one attached hydrogen (secondary N) is 1. The number of halogens is 3. The number of nitrogens with zero attached hydrogens (tertiary/aromatic N) is 1. The number of aliphatic hydroxyl groups excluding tert-OH is 1. The largest absolute Gasteiger partial charge is 0.416 e. The molecule has 0 saturated carbocycles. The lowest BCUT2D eigenvalue weighted by atomic mass is 10.00. The van der Waals surface area contributed by atoms with Crippen LogP contribution in [0.1, 0.15) is 27.5 Å². The number of benzene rings is 1. The van der Waals surface area contributed by atoms with Crippen molar-refractivity contribution in [1.82, 2.24) is 9.88 Å². The Bertz CT molecular complexity index is 800. The lowest BCUT2D eigenvalue weighted by Gasteiger charge is -2.21. The third-order valence-electron chi connectivity index (χ3n) is 3.48. The third-order valence-corrected chi connectivity index (χ3v) is 3.48. The summed E-state index contributed by atoms with van der Waals surface area (Å²) < 4.78 is 40.4. The fourth-order valence-electron chi connectivity index (χ4n) is 2.25. The summed E-state index contributed by atoms with van der Waals surface area (Å²) in [6, 6.07) is 5.92. The van der Waals surface area contributed by atoms with Crippen LogP contribution >= 0.6 is 0 Å². The van der Waals surface area contributed by atoms with Crippen LogP contribution in [-0.4, -0.2) is 22.2 Å². The van der Waals surface area contributed by atoms with Crippen LogP contribution in [0.4, 0.5) is 13.2 Å². The van der Waals surface area contributed by atoms with E-state index in [1.165, 1.54) is 48.1 Å². The Morgan fingerprint density at radius 1 is 1.25 bits per heavy atom. The normalized spacial score (nSPS) is 12.7. The van der Waals surface area contributed by atoms with Gasteiger partial charge in [-0.15, -0.1) is 0 Å². The highest BCUT2D eigenvalue weighted by Gasteiger charge is 2.35. The van der Waals surface area contributed by atoms with Gasteiger partial charge in [0, 0.05) is 19.3 Å². The lowest BCUT2D eigenvalue weighted by Crippen LogP contribution is -2.33. The molecule has 0 radical (unpaired) electrons. The first-order chi connectivity index (χ1) is 11.2. The average Bonchev–Trinajstić information content (AvgIpc) is 2.54. The molecule has 5 nitrogen and oxygen atoms in total. The highest BCUT2D eigenvalue weighted by molar-refractivity contribution is 5.94. The molecule has 1 atom stereocenters. The monoisotopic (exact) mass is 340 g/mol. The number of hydrogen-bond acceptors (Lipinski definition) is 3. The van der Waals surface area contributed by atoms with Gasteiger partial charge in [0.25, 0.3) is 5.91 Å². The fourth-order valence-corrected chi connectivity index (χ4v) is 2.25. The Labute approximate surface area is 135 Å². The molecule has 2 aromatic rings. The molecule has 1 unspecified atom stereocenters. The number of alkyl halides is 3. The van der Waals surface area contributed by atoms with Gasteiger partial charge in [-0.3, -0.25) is 9.59 Å². The van der Waals surface area contributed by atoms with Crippen LogP contribution in [0.5, 0.6) is 0 Å². The van der Waals surface area contributed by atoms with Gasteiger partial charge in [-0.1, -0.05) is 18.2 Å². The number of aliphatic hydroxyl groups is 1. The van der Waals surface area contributed by atoms with Crippen LogP contribution in [0, 0.1) is 0 Å². The number of aryl methyl sites for hydroxylation is 1. The first-order valence-electron chi connectivity index (χ1n) is 6.98. The van der Waals surface area contributed by atoms with Crippen molar-refractivity contribution in [3.8, 4) is 0 Å². The number of carbonyl (C=O) groups is 1. The van der Waals surface area contributed by atoms with Crippen molar-refractivity contribution in [3.63, 3.8) is 0 Å². The maximum atomic E-state index is 13.1. The summed E-state index contributed by atoms with van der Waals surface area (Å²) in [5, 5.41) is 11.8. The smallest absolute Gasteiger partial charge is 0.394 e. The second kappa shape index (κ2) is 6.88. The summed E-state index contributed by atoms with van der Waals surface area (Å²) in [5.41, 5.74) is -1.39. The van der Waals surface area contributed by atoms with Gasteiger partial charge in [0.2, 0.25) is 5.56 Å². The van der Waals surface area contributed by atoms with Gasteiger partial charge >= 0.3 is 6.18 Å². The fraction of sp³-hybridized carbons (Fsp3) is 0.250. The first kappa shape index (κ1) is 17.7. The van der Waals surface area contributed by atoms with E-state index in [-0.39, 0.29) is 16.7 Å². The van der Waals surface area contributed by atoms with E-state index in [0.717, 1.165) is 6.07 Å². The van der Waals surface area contributed by atoms with E-state index in [4.69, 9.17) is 0 Å². The van der Waals surface area contributed by atoms with Crippen molar-refractivity contribution in [2.24, 2.45) is 7.05 Å². The van der Waals surface area contributed by atoms with Crippen molar-refractivity contribution in [2.45, 2.75) is 12.2 Å². The van der Waals surface area contributed by atoms with Crippen molar-refractivity contribution in [2.75, 3.05) is 6.61 Å². The van der Waals surface area contributed by atoms with E-state index in [1.54, 1.807) is 0 Å².